The van der Waals surface area contributed by atoms with Crippen LogP contribution in [-0.4, -0.2) is 35.6 Å². The van der Waals surface area contributed by atoms with Crippen molar-refractivity contribution in [3.05, 3.63) is 95.1 Å². The van der Waals surface area contributed by atoms with Crippen molar-refractivity contribution in [2.45, 2.75) is 39.8 Å². The monoisotopic (exact) mass is 520 g/mol. The number of carbonyl (C=O) groups is 2. The van der Waals surface area contributed by atoms with Crippen LogP contribution in [0.3, 0.4) is 0 Å². The molecule has 9 heteroatoms. The highest BCUT2D eigenvalue weighted by Gasteiger charge is 2.11. The molecule has 0 fully saturated rings. The molecule has 0 spiro atoms. The van der Waals surface area contributed by atoms with Gasteiger partial charge in [-0.2, -0.15) is 0 Å². The number of benzene rings is 3. The molecule has 0 aliphatic carbocycles. The van der Waals surface area contributed by atoms with Gasteiger partial charge >= 0.3 is 0 Å². The standard InChI is InChI=1S/C28H32N6O2.ClH/c1-17(2)31-25(29)19-9-13-23(14-10-19)33-27(35)21-5-7-22(8-6-21)28(36)34-24-15-11-20(12-16-24)26(30)32-18(3)4;/h5-18H,1-4H3,(H2,29,31)(H2,30,32)(H,33,35)(H,34,36);1H. The number of amidine groups is 2. The largest absolute Gasteiger partial charge is 0.383 e. The van der Waals surface area contributed by atoms with E-state index in [-0.39, 0.29) is 36.3 Å². The molecular formula is C28H33ClN6O2. The first-order chi connectivity index (χ1) is 17.1. The summed E-state index contributed by atoms with van der Waals surface area (Å²) < 4.78 is 0. The molecule has 0 aliphatic rings. The Bertz CT molecular complexity index is 1170. The van der Waals surface area contributed by atoms with E-state index < -0.39 is 0 Å². The van der Waals surface area contributed by atoms with Gasteiger partial charge in [-0.3, -0.25) is 19.6 Å². The van der Waals surface area contributed by atoms with E-state index in [1.165, 1.54) is 0 Å². The lowest BCUT2D eigenvalue weighted by Crippen LogP contribution is -2.17. The number of hydrogen-bond donors (Lipinski definition) is 4. The van der Waals surface area contributed by atoms with Gasteiger partial charge in [-0.25, -0.2) is 0 Å². The molecule has 6 N–H and O–H groups in total. The van der Waals surface area contributed by atoms with Crippen LogP contribution in [0.2, 0.25) is 0 Å². The highest BCUT2D eigenvalue weighted by molar-refractivity contribution is 6.07. The summed E-state index contributed by atoms with van der Waals surface area (Å²) in [5.41, 5.74) is 15.7. The van der Waals surface area contributed by atoms with Gasteiger partial charge in [0.25, 0.3) is 11.8 Å². The minimum absolute atomic E-state index is 0. The lowest BCUT2D eigenvalue weighted by molar-refractivity contribution is 0.101. The van der Waals surface area contributed by atoms with Gasteiger partial charge in [0.05, 0.1) is 0 Å². The molecule has 0 bridgehead atoms. The van der Waals surface area contributed by atoms with Crippen LogP contribution >= 0.6 is 12.4 Å². The summed E-state index contributed by atoms with van der Waals surface area (Å²) in [6, 6.07) is 20.9. The van der Waals surface area contributed by atoms with Gasteiger partial charge in [0.2, 0.25) is 0 Å². The Balaban J connectivity index is 0.00000481. The third-order valence-electron chi connectivity index (χ3n) is 5.08. The third kappa shape index (κ3) is 8.47. The van der Waals surface area contributed by atoms with Crippen molar-refractivity contribution in [1.29, 1.82) is 0 Å². The number of nitrogens with one attached hydrogen (secondary N) is 2. The maximum atomic E-state index is 12.6. The number of aliphatic imine (C=N–C) groups is 2. The Morgan fingerprint density at radius 2 is 0.838 bits per heavy atom. The zero-order chi connectivity index (χ0) is 26.2. The van der Waals surface area contributed by atoms with Crippen LogP contribution in [0.1, 0.15) is 59.5 Å². The quantitative estimate of drug-likeness (QED) is 0.249. The van der Waals surface area contributed by atoms with E-state index in [9.17, 15) is 9.59 Å². The fourth-order valence-electron chi connectivity index (χ4n) is 3.33. The van der Waals surface area contributed by atoms with Crippen molar-refractivity contribution >= 4 is 47.3 Å². The predicted octanol–water partition coefficient (Wildman–Crippen LogP) is 4.84. The molecule has 194 valence electrons. The average Bonchev–Trinajstić information content (AvgIpc) is 2.84. The molecule has 2 amide bonds. The smallest absolute Gasteiger partial charge is 0.255 e. The summed E-state index contributed by atoms with van der Waals surface area (Å²) >= 11 is 0. The van der Waals surface area contributed by atoms with Crippen LogP contribution in [0, 0.1) is 0 Å². The summed E-state index contributed by atoms with van der Waals surface area (Å²) in [7, 11) is 0. The molecule has 0 atom stereocenters. The number of anilines is 2. The molecule has 0 aromatic heterocycles. The lowest BCUT2D eigenvalue weighted by Gasteiger charge is -2.09. The molecule has 3 aromatic rings. The molecule has 0 heterocycles. The first-order valence-corrected chi connectivity index (χ1v) is 11.7. The maximum absolute atomic E-state index is 12.6. The summed E-state index contributed by atoms with van der Waals surface area (Å²) in [5, 5.41) is 5.68. The van der Waals surface area contributed by atoms with Gasteiger partial charge in [-0.05, 0) is 100 Å². The fourth-order valence-corrected chi connectivity index (χ4v) is 3.33. The zero-order valence-corrected chi connectivity index (χ0v) is 22.2. The highest BCUT2D eigenvalue weighted by Crippen LogP contribution is 2.15. The van der Waals surface area contributed by atoms with Crippen molar-refractivity contribution in [1.82, 2.24) is 0 Å². The SMILES string of the molecule is CC(C)N=C(N)c1ccc(NC(=O)c2ccc(C(=O)Nc3ccc(C(N)=NC(C)C)cc3)cc2)cc1.Cl. The van der Waals surface area contributed by atoms with E-state index in [0.29, 0.717) is 34.2 Å². The summed E-state index contributed by atoms with van der Waals surface area (Å²) in [4.78, 5) is 33.9. The Hall–Kier alpha value is -4.17. The van der Waals surface area contributed by atoms with Crippen molar-refractivity contribution in [3.8, 4) is 0 Å². The highest BCUT2D eigenvalue weighted by atomic mass is 35.5. The molecule has 0 saturated heterocycles. The first kappa shape index (κ1) is 29.1. The first-order valence-electron chi connectivity index (χ1n) is 11.7. The number of nitrogens with two attached hydrogens (primary N) is 2. The van der Waals surface area contributed by atoms with Crippen LogP contribution in [0.25, 0.3) is 0 Å². The van der Waals surface area contributed by atoms with Crippen LogP contribution < -0.4 is 22.1 Å². The van der Waals surface area contributed by atoms with E-state index in [0.717, 1.165) is 11.1 Å². The number of nitrogens with zero attached hydrogens (tertiary/aromatic N) is 2. The number of rotatable bonds is 8. The van der Waals surface area contributed by atoms with Gasteiger partial charge in [-0.15, -0.1) is 12.4 Å². The Morgan fingerprint density at radius 1 is 0.568 bits per heavy atom. The minimum Gasteiger partial charge on any atom is -0.383 e. The molecule has 0 unspecified atom stereocenters. The van der Waals surface area contributed by atoms with E-state index in [2.05, 4.69) is 20.6 Å². The molecule has 0 radical (unpaired) electrons. The van der Waals surface area contributed by atoms with Crippen molar-refractivity contribution in [2.75, 3.05) is 10.6 Å². The van der Waals surface area contributed by atoms with Crippen molar-refractivity contribution < 1.29 is 9.59 Å². The summed E-state index contributed by atoms with van der Waals surface area (Å²) in [6.45, 7) is 7.81. The van der Waals surface area contributed by atoms with E-state index in [1.807, 2.05) is 52.0 Å². The van der Waals surface area contributed by atoms with Crippen LogP contribution in [0.15, 0.2) is 82.8 Å². The molecule has 37 heavy (non-hydrogen) atoms. The molecule has 0 saturated carbocycles. The normalized spacial score (nSPS) is 11.7. The van der Waals surface area contributed by atoms with Gasteiger partial charge in [0, 0.05) is 45.7 Å². The molecule has 3 aromatic carbocycles. The van der Waals surface area contributed by atoms with E-state index in [4.69, 9.17) is 11.5 Å². The van der Waals surface area contributed by atoms with E-state index in [1.54, 1.807) is 48.5 Å². The molecule has 3 rings (SSSR count). The molecule has 0 aliphatic heterocycles. The average molecular weight is 521 g/mol. The second-order valence-electron chi connectivity index (χ2n) is 8.86. The third-order valence-corrected chi connectivity index (χ3v) is 5.08. The maximum Gasteiger partial charge on any atom is 0.255 e. The van der Waals surface area contributed by atoms with Crippen molar-refractivity contribution in [3.63, 3.8) is 0 Å². The second-order valence-corrected chi connectivity index (χ2v) is 8.86. The zero-order valence-electron chi connectivity index (χ0n) is 21.4. The van der Waals surface area contributed by atoms with Gasteiger partial charge in [0.15, 0.2) is 0 Å². The van der Waals surface area contributed by atoms with Gasteiger partial charge < -0.3 is 22.1 Å². The second kappa shape index (κ2) is 13.2. The number of carbonyl (C=O) groups excluding carboxylic acids is 2. The number of hydrogen-bond acceptors (Lipinski definition) is 4. The van der Waals surface area contributed by atoms with Crippen LogP contribution in [0.5, 0.6) is 0 Å². The summed E-state index contributed by atoms with van der Waals surface area (Å²) in [6.07, 6.45) is 0. The topological polar surface area (TPSA) is 135 Å². The Morgan fingerprint density at radius 3 is 1.11 bits per heavy atom. The van der Waals surface area contributed by atoms with Crippen LogP contribution in [0.4, 0.5) is 11.4 Å². The lowest BCUT2D eigenvalue weighted by atomic mass is 10.1. The van der Waals surface area contributed by atoms with Crippen LogP contribution in [-0.2, 0) is 0 Å². The summed E-state index contributed by atoms with van der Waals surface area (Å²) in [5.74, 6) is 0.345. The Kier molecular flexibility index (Phi) is 10.4. The molecule has 8 nitrogen and oxygen atoms in total. The molecular weight excluding hydrogens is 488 g/mol. The predicted molar refractivity (Wildman–Crippen MR) is 154 cm³/mol. The fraction of sp³-hybridized carbons (Fsp3) is 0.214. The van der Waals surface area contributed by atoms with Gasteiger partial charge in [0.1, 0.15) is 11.7 Å². The Labute approximate surface area is 223 Å². The van der Waals surface area contributed by atoms with E-state index >= 15 is 0 Å². The number of halogens is 1. The van der Waals surface area contributed by atoms with Gasteiger partial charge in [-0.1, -0.05) is 0 Å². The minimum atomic E-state index is -0.283. The number of amides is 2. The van der Waals surface area contributed by atoms with Crippen molar-refractivity contribution in [2.24, 2.45) is 21.5 Å².